The number of nitriles is 1. The number of rotatable bonds is 3. The Balaban J connectivity index is 1.83. The summed E-state index contributed by atoms with van der Waals surface area (Å²) in [6.07, 6.45) is 4.41. The lowest BCUT2D eigenvalue weighted by atomic mass is 10.00. The number of nitrogens with one attached hydrogen (secondary N) is 1. The molecule has 0 bridgehead atoms. The Bertz CT molecular complexity index is 437. The van der Waals surface area contributed by atoms with Gasteiger partial charge in [0.05, 0.1) is 12.6 Å². The Kier molecular flexibility index (Phi) is 5.18. The molecule has 2 rings (SSSR count). The summed E-state index contributed by atoms with van der Waals surface area (Å²) >= 11 is 0. The molecule has 1 N–H and O–H groups in total. The van der Waals surface area contributed by atoms with Crippen LogP contribution in [0.25, 0.3) is 0 Å². The molecular weight excluding hydrogens is 268 g/mol. The monoisotopic (exact) mass is 292 g/mol. The predicted molar refractivity (Wildman–Crippen MR) is 78.3 cm³/mol. The number of hydrogen-bond acceptors (Lipinski definition) is 4. The number of amides is 2. The summed E-state index contributed by atoms with van der Waals surface area (Å²) in [4.78, 5) is 27.5. The van der Waals surface area contributed by atoms with Gasteiger partial charge in [-0.1, -0.05) is 0 Å². The highest BCUT2D eigenvalue weighted by Crippen LogP contribution is 2.28. The number of hydrogen-bond donors (Lipinski definition) is 1. The molecule has 1 saturated carbocycles. The first-order valence-electron chi connectivity index (χ1n) is 7.75. The van der Waals surface area contributed by atoms with Crippen molar-refractivity contribution in [3.63, 3.8) is 0 Å². The minimum atomic E-state index is -0.644. The van der Waals surface area contributed by atoms with Gasteiger partial charge >= 0.3 is 0 Å². The third-order valence-corrected chi connectivity index (χ3v) is 4.45. The molecule has 1 saturated heterocycles. The van der Waals surface area contributed by atoms with E-state index in [1.54, 1.807) is 6.92 Å². The Labute approximate surface area is 126 Å². The summed E-state index contributed by atoms with van der Waals surface area (Å²) in [5.41, 5.74) is -0.644. The van der Waals surface area contributed by atoms with Crippen molar-refractivity contribution in [2.45, 2.75) is 44.6 Å². The van der Waals surface area contributed by atoms with E-state index in [9.17, 15) is 14.9 Å². The maximum absolute atomic E-state index is 12.2. The number of carbonyl (C=O) groups excluding carboxylic acids is 2. The summed E-state index contributed by atoms with van der Waals surface area (Å²) in [5.74, 6) is 0.0189. The molecule has 2 amide bonds. The molecule has 0 aromatic heterocycles. The second-order valence-corrected chi connectivity index (χ2v) is 6.08. The van der Waals surface area contributed by atoms with Gasteiger partial charge in [-0.2, -0.15) is 5.26 Å². The smallest absolute Gasteiger partial charge is 0.235 e. The fourth-order valence-electron chi connectivity index (χ4n) is 3.20. The zero-order valence-corrected chi connectivity index (χ0v) is 12.7. The minimum absolute atomic E-state index is 0.0743. The molecule has 1 aliphatic carbocycles. The Hall–Kier alpha value is -1.61. The van der Waals surface area contributed by atoms with Crippen molar-refractivity contribution in [2.75, 3.05) is 32.7 Å². The molecule has 0 radical (unpaired) electrons. The standard InChI is InChI=1S/C15H24N4O2/c1-13(20)19-8-4-7-18(9-10-19)11-14(21)17-15(12-16)5-2-3-6-15/h2-11H2,1H3,(H,17,21). The summed E-state index contributed by atoms with van der Waals surface area (Å²) in [6, 6.07) is 2.28. The van der Waals surface area contributed by atoms with Crippen molar-refractivity contribution in [3.8, 4) is 6.07 Å². The van der Waals surface area contributed by atoms with Crippen molar-refractivity contribution in [3.05, 3.63) is 0 Å². The van der Waals surface area contributed by atoms with Gasteiger partial charge in [0.15, 0.2) is 0 Å². The normalized spacial score (nSPS) is 22.4. The summed E-state index contributed by atoms with van der Waals surface area (Å²) in [6.45, 7) is 4.86. The maximum atomic E-state index is 12.2. The first kappa shape index (κ1) is 15.8. The molecule has 0 aromatic carbocycles. The van der Waals surface area contributed by atoms with Gasteiger partial charge < -0.3 is 10.2 Å². The van der Waals surface area contributed by atoms with Crippen molar-refractivity contribution in [1.29, 1.82) is 5.26 Å². The second kappa shape index (κ2) is 6.90. The van der Waals surface area contributed by atoms with E-state index in [1.807, 2.05) is 4.90 Å². The fourth-order valence-corrected chi connectivity index (χ4v) is 3.20. The molecule has 0 aromatic rings. The average molecular weight is 292 g/mol. The molecular formula is C15H24N4O2. The van der Waals surface area contributed by atoms with Gasteiger partial charge in [-0.05, 0) is 32.1 Å². The van der Waals surface area contributed by atoms with Gasteiger partial charge in [0, 0.05) is 33.1 Å². The van der Waals surface area contributed by atoms with E-state index in [4.69, 9.17) is 0 Å². The first-order chi connectivity index (χ1) is 10.0. The van der Waals surface area contributed by atoms with Crippen LogP contribution in [0.3, 0.4) is 0 Å². The molecule has 1 aliphatic heterocycles. The van der Waals surface area contributed by atoms with E-state index in [1.165, 1.54) is 0 Å². The zero-order chi connectivity index (χ0) is 15.3. The SMILES string of the molecule is CC(=O)N1CCCN(CC(=O)NC2(C#N)CCCC2)CC1. The fraction of sp³-hybridized carbons (Fsp3) is 0.800. The lowest BCUT2D eigenvalue weighted by Gasteiger charge is -2.25. The van der Waals surface area contributed by atoms with Gasteiger partial charge in [0.2, 0.25) is 11.8 Å². The quantitative estimate of drug-likeness (QED) is 0.821. The van der Waals surface area contributed by atoms with E-state index in [0.29, 0.717) is 19.6 Å². The topological polar surface area (TPSA) is 76.4 Å². The Morgan fingerprint density at radius 2 is 1.86 bits per heavy atom. The molecule has 6 nitrogen and oxygen atoms in total. The van der Waals surface area contributed by atoms with Crippen LogP contribution in [0.4, 0.5) is 0 Å². The summed E-state index contributed by atoms with van der Waals surface area (Å²) in [5, 5.41) is 12.2. The van der Waals surface area contributed by atoms with Gasteiger partial charge in [-0.3, -0.25) is 14.5 Å². The van der Waals surface area contributed by atoms with E-state index >= 15 is 0 Å². The van der Waals surface area contributed by atoms with Crippen LogP contribution in [-0.4, -0.2) is 59.9 Å². The van der Waals surface area contributed by atoms with E-state index in [0.717, 1.165) is 45.2 Å². The lowest BCUT2D eigenvalue weighted by molar-refractivity contribution is -0.128. The van der Waals surface area contributed by atoms with Crippen LogP contribution in [0, 0.1) is 11.3 Å². The minimum Gasteiger partial charge on any atom is -0.342 e. The molecule has 0 atom stereocenters. The average Bonchev–Trinajstić information content (AvgIpc) is 2.77. The predicted octanol–water partition coefficient (Wildman–Crippen LogP) is 0.493. The molecule has 2 aliphatic rings. The zero-order valence-electron chi connectivity index (χ0n) is 12.7. The largest absolute Gasteiger partial charge is 0.342 e. The van der Waals surface area contributed by atoms with Gasteiger partial charge in [0.25, 0.3) is 0 Å². The summed E-state index contributed by atoms with van der Waals surface area (Å²) < 4.78 is 0. The van der Waals surface area contributed by atoms with E-state index in [2.05, 4.69) is 16.3 Å². The van der Waals surface area contributed by atoms with Crippen molar-refractivity contribution < 1.29 is 9.59 Å². The molecule has 1 heterocycles. The number of nitrogens with zero attached hydrogens (tertiary/aromatic N) is 3. The molecule has 2 fully saturated rings. The number of carbonyl (C=O) groups is 2. The highest BCUT2D eigenvalue weighted by atomic mass is 16.2. The van der Waals surface area contributed by atoms with Crippen LogP contribution in [0.1, 0.15) is 39.0 Å². The molecule has 21 heavy (non-hydrogen) atoms. The highest BCUT2D eigenvalue weighted by molar-refractivity contribution is 5.79. The van der Waals surface area contributed by atoms with Crippen molar-refractivity contribution in [1.82, 2.24) is 15.1 Å². The van der Waals surface area contributed by atoms with E-state index in [-0.39, 0.29) is 11.8 Å². The Morgan fingerprint density at radius 1 is 1.14 bits per heavy atom. The second-order valence-electron chi connectivity index (χ2n) is 6.08. The molecule has 0 unspecified atom stereocenters. The van der Waals surface area contributed by atoms with Gasteiger partial charge in [-0.15, -0.1) is 0 Å². The maximum Gasteiger partial charge on any atom is 0.235 e. The Morgan fingerprint density at radius 3 is 2.48 bits per heavy atom. The van der Waals surface area contributed by atoms with Gasteiger partial charge in [0.1, 0.15) is 5.54 Å². The van der Waals surface area contributed by atoms with E-state index < -0.39 is 5.54 Å². The van der Waals surface area contributed by atoms with Crippen molar-refractivity contribution >= 4 is 11.8 Å². The van der Waals surface area contributed by atoms with Crippen LogP contribution in [0.2, 0.25) is 0 Å². The van der Waals surface area contributed by atoms with Gasteiger partial charge in [-0.25, -0.2) is 0 Å². The van der Waals surface area contributed by atoms with Crippen LogP contribution in [0.5, 0.6) is 0 Å². The first-order valence-corrected chi connectivity index (χ1v) is 7.75. The lowest BCUT2D eigenvalue weighted by Crippen LogP contribution is -2.49. The third-order valence-electron chi connectivity index (χ3n) is 4.45. The van der Waals surface area contributed by atoms with Crippen LogP contribution in [-0.2, 0) is 9.59 Å². The molecule has 116 valence electrons. The van der Waals surface area contributed by atoms with Crippen molar-refractivity contribution in [2.24, 2.45) is 0 Å². The third kappa shape index (κ3) is 4.18. The molecule has 6 heteroatoms. The van der Waals surface area contributed by atoms with Crippen LogP contribution in [0.15, 0.2) is 0 Å². The van der Waals surface area contributed by atoms with Crippen LogP contribution < -0.4 is 5.32 Å². The highest BCUT2D eigenvalue weighted by Gasteiger charge is 2.35. The molecule has 0 spiro atoms. The summed E-state index contributed by atoms with van der Waals surface area (Å²) in [7, 11) is 0. The van der Waals surface area contributed by atoms with Crippen LogP contribution >= 0.6 is 0 Å².